The van der Waals surface area contributed by atoms with E-state index in [9.17, 15) is 0 Å². The smallest absolute Gasteiger partial charge is 0.266 e. The monoisotopic (exact) mass is 418 g/mol. The van der Waals surface area contributed by atoms with Gasteiger partial charge in [0.15, 0.2) is 0 Å². The summed E-state index contributed by atoms with van der Waals surface area (Å²) in [5.41, 5.74) is 8.49. The fourth-order valence-corrected chi connectivity index (χ4v) is 2.32. The summed E-state index contributed by atoms with van der Waals surface area (Å²) in [5, 5.41) is 0. The Labute approximate surface area is 175 Å². The first-order chi connectivity index (χ1) is 10.3. The molecule has 0 aromatic heterocycles. The van der Waals surface area contributed by atoms with Gasteiger partial charge in [-0.3, -0.25) is 12.2 Å². The van der Waals surface area contributed by atoms with Crippen LogP contribution < -0.4 is 0 Å². The Morgan fingerprint density at radius 3 is 0.958 bits per heavy atom. The van der Waals surface area contributed by atoms with E-state index in [4.69, 9.17) is 22.2 Å². The zero-order valence-electron chi connectivity index (χ0n) is 16.9. The van der Waals surface area contributed by atoms with E-state index in [-0.39, 0.29) is 21.7 Å². The van der Waals surface area contributed by atoms with Gasteiger partial charge in [0.05, 0.1) is 0 Å². The molecule has 0 aromatic rings. The summed E-state index contributed by atoms with van der Waals surface area (Å²) in [4.78, 5) is 0. The third-order valence-corrected chi connectivity index (χ3v) is 4.47. The molecule has 0 saturated carbocycles. The maximum absolute atomic E-state index is 5.43. The molecule has 0 N–H and O–H groups in total. The van der Waals surface area contributed by atoms with E-state index in [0.717, 1.165) is 0 Å². The van der Waals surface area contributed by atoms with Crippen molar-refractivity contribution in [2.24, 2.45) is 11.8 Å². The van der Waals surface area contributed by atoms with Crippen LogP contribution in [0, 0.1) is 24.0 Å². The zero-order chi connectivity index (χ0) is 18.5. The van der Waals surface area contributed by atoms with Crippen LogP contribution in [0.3, 0.4) is 0 Å². The van der Waals surface area contributed by atoms with Gasteiger partial charge in [0.2, 0.25) is 6.69 Å². The maximum atomic E-state index is 5.43. The maximum Gasteiger partial charge on any atom is 2.00 e. The minimum Gasteiger partial charge on any atom is -0.266 e. The Morgan fingerprint density at radius 1 is 0.708 bits per heavy atom. The van der Waals surface area contributed by atoms with E-state index >= 15 is 0 Å². The van der Waals surface area contributed by atoms with Crippen LogP contribution >= 0.6 is 22.2 Å². The number of halogens is 2. The quantitative estimate of drug-likeness (QED) is 0.215. The van der Waals surface area contributed by atoms with Crippen molar-refractivity contribution < 1.29 is 21.7 Å². The van der Waals surface area contributed by atoms with Crippen LogP contribution in [0.1, 0.15) is 55.4 Å². The molecule has 2 rings (SSSR count). The summed E-state index contributed by atoms with van der Waals surface area (Å²) in [6.45, 7) is 19.4. The van der Waals surface area contributed by atoms with E-state index in [2.05, 4.69) is 67.5 Å². The summed E-state index contributed by atoms with van der Waals surface area (Å²) >= 11 is 10.9. The summed E-state index contributed by atoms with van der Waals surface area (Å²) in [5.74, 6) is 1.12. The Morgan fingerprint density at radius 2 is 0.917 bits per heavy atom. The molecule has 0 radical (unpaired) electrons. The van der Waals surface area contributed by atoms with Crippen LogP contribution in [0.15, 0.2) is 33.4 Å². The molecule has 2 unspecified atom stereocenters. The summed E-state index contributed by atoms with van der Waals surface area (Å²) in [6.07, 6.45) is 6.72. The first kappa shape index (κ1) is 26.7. The van der Waals surface area contributed by atoms with E-state index < -0.39 is 6.69 Å². The van der Waals surface area contributed by atoms with Gasteiger partial charge in [-0.25, -0.2) is 11.1 Å². The van der Waals surface area contributed by atoms with Gasteiger partial charge in [-0.1, -0.05) is 53.4 Å². The molecule has 2 aliphatic rings. The van der Waals surface area contributed by atoms with Crippen molar-refractivity contribution in [3.05, 3.63) is 45.6 Å². The van der Waals surface area contributed by atoms with Gasteiger partial charge < -0.3 is 0 Å². The molecule has 0 saturated heterocycles. The van der Waals surface area contributed by atoms with Crippen LogP contribution in [-0.2, 0) is 21.7 Å². The average molecular weight is 419 g/mol. The third-order valence-electron chi connectivity index (χ3n) is 4.47. The number of allylic oxidation sites excluding steroid dienone is 8. The molecule has 4 heteroatoms. The van der Waals surface area contributed by atoms with Crippen LogP contribution in [-0.4, -0.2) is 6.69 Å². The molecule has 0 heterocycles. The fraction of sp³-hybridized carbons (Fsp3) is 0.600. The van der Waals surface area contributed by atoms with Gasteiger partial charge in [0, 0.05) is 0 Å². The Balaban J connectivity index is 0. The zero-order valence-corrected chi connectivity index (χ0v) is 21.0. The van der Waals surface area contributed by atoms with Gasteiger partial charge in [-0.05, 0) is 13.1 Å². The predicted octanol–water partition coefficient (Wildman–Crippen LogP) is 7.61. The molecule has 0 aromatic carbocycles. The first-order valence-corrected chi connectivity index (χ1v) is 13.2. The van der Waals surface area contributed by atoms with E-state index in [0.29, 0.717) is 11.8 Å². The molecule has 24 heavy (non-hydrogen) atoms. The van der Waals surface area contributed by atoms with Crippen molar-refractivity contribution in [3.63, 3.8) is 0 Å². The van der Waals surface area contributed by atoms with E-state index in [1.165, 1.54) is 33.4 Å². The second-order valence-electron chi connectivity index (χ2n) is 6.93. The van der Waals surface area contributed by atoms with E-state index in [1.54, 1.807) is 0 Å². The predicted molar refractivity (Wildman–Crippen MR) is 109 cm³/mol. The van der Waals surface area contributed by atoms with Crippen molar-refractivity contribution in [2.45, 2.75) is 68.5 Å². The number of rotatable bonds is 0. The molecular formula is C20H32Cl2SiTi. The van der Waals surface area contributed by atoms with Crippen LogP contribution in [0.25, 0.3) is 0 Å². The molecule has 0 fully saturated rings. The molecule has 2 atom stereocenters. The summed E-state index contributed by atoms with van der Waals surface area (Å²) in [7, 11) is 0. The summed E-state index contributed by atoms with van der Waals surface area (Å²) in [6, 6.07) is 0. The Bertz CT molecular complexity index is 498. The number of hydrogen-bond acceptors (Lipinski definition) is 0. The van der Waals surface area contributed by atoms with Gasteiger partial charge >= 0.3 is 21.7 Å². The SMILES string of the molecule is CC1=[C-]C(C)C(C)=C1C.CC1=[C-]C(C)C(C)=C1C.C[Si](C)(Cl)Cl.[Ti+2]. The second kappa shape index (κ2) is 11.2. The average Bonchev–Trinajstić information content (AvgIpc) is 2.74. The molecule has 134 valence electrons. The normalized spacial score (nSPS) is 22.8. The minimum atomic E-state index is -1.67. The molecule has 0 aliphatic heterocycles. The topological polar surface area (TPSA) is 0 Å². The standard InChI is InChI=1S/2C9H13.C2H6Cl2Si.Ti/c2*1-6-5-7(2)9(4)8(6)3;1-5(2,3)4;/h2*6H,1-4H3;1-2H3;/q2*-1;;+2. The number of hydrogen-bond donors (Lipinski definition) is 0. The van der Waals surface area contributed by atoms with E-state index in [1.807, 2.05) is 13.1 Å². The van der Waals surface area contributed by atoms with Gasteiger partial charge in [-0.15, -0.1) is 36.0 Å². The molecule has 2 aliphatic carbocycles. The summed E-state index contributed by atoms with van der Waals surface area (Å²) < 4.78 is 0. The van der Waals surface area contributed by atoms with Crippen molar-refractivity contribution >= 4 is 28.9 Å². The first-order valence-electron chi connectivity index (χ1n) is 8.19. The largest absolute Gasteiger partial charge is 2.00 e. The van der Waals surface area contributed by atoms with Gasteiger partial charge in [0.25, 0.3) is 0 Å². The minimum absolute atomic E-state index is 0. The molecule has 0 spiro atoms. The van der Waals surface area contributed by atoms with Gasteiger partial charge in [0.1, 0.15) is 0 Å². The molecular weight excluding hydrogens is 387 g/mol. The van der Waals surface area contributed by atoms with Crippen LogP contribution in [0.5, 0.6) is 0 Å². The second-order valence-corrected chi connectivity index (χ2v) is 15.8. The Kier molecular flexibility index (Phi) is 12.5. The van der Waals surface area contributed by atoms with Crippen molar-refractivity contribution in [1.29, 1.82) is 0 Å². The third kappa shape index (κ3) is 9.83. The van der Waals surface area contributed by atoms with Crippen molar-refractivity contribution in [2.75, 3.05) is 0 Å². The molecule has 0 bridgehead atoms. The molecule has 0 amide bonds. The van der Waals surface area contributed by atoms with Crippen LogP contribution in [0.2, 0.25) is 13.1 Å². The fourth-order valence-electron chi connectivity index (χ4n) is 2.32. The van der Waals surface area contributed by atoms with Crippen molar-refractivity contribution in [3.8, 4) is 0 Å². The Hall–Kier alpha value is 0.471. The van der Waals surface area contributed by atoms with Crippen LogP contribution in [0.4, 0.5) is 0 Å². The van der Waals surface area contributed by atoms with Crippen molar-refractivity contribution in [1.82, 2.24) is 0 Å². The molecule has 0 nitrogen and oxygen atoms in total. The van der Waals surface area contributed by atoms with Gasteiger partial charge in [-0.2, -0.15) is 22.3 Å².